The van der Waals surface area contributed by atoms with Crippen LogP contribution < -0.4 is 10.6 Å². The molecule has 1 aliphatic heterocycles. The number of phenols is 1. The molecule has 1 saturated heterocycles. The average Bonchev–Trinajstić information content (AvgIpc) is 2.87. The summed E-state index contributed by atoms with van der Waals surface area (Å²) >= 11 is 3.25. The van der Waals surface area contributed by atoms with Crippen LogP contribution in [0.15, 0.2) is 52.6 Å². The highest BCUT2D eigenvalue weighted by Gasteiger charge is 2.35. The Morgan fingerprint density at radius 1 is 1.26 bits per heavy atom. The molecule has 2 aromatic rings. The minimum atomic E-state index is -0.788. The number of carbonyl (C=O) groups excluding carboxylic acids is 3. The number of aromatic hydroxyl groups is 1. The molecule has 7 nitrogen and oxygen atoms in total. The molecular weight excluding hydrogens is 421 g/mol. The van der Waals surface area contributed by atoms with Crippen LogP contribution in [0.1, 0.15) is 5.56 Å². The Morgan fingerprint density at radius 2 is 2.00 bits per heavy atom. The van der Waals surface area contributed by atoms with Crippen LogP contribution >= 0.6 is 15.9 Å². The number of benzene rings is 2. The van der Waals surface area contributed by atoms with Crippen LogP contribution in [0.25, 0.3) is 6.08 Å². The number of rotatable bonds is 4. The Labute approximate surface area is 161 Å². The largest absolute Gasteiger partial charge is 0.507 e. The van der Waals surface area contributed by atoms with Gasteiger partial charge in [-0.25, -0.2) is 14.1 Å². The van der Waals surface area contributed by atoms with E-state index in [1.165, 1.54) is 36.4 Å². The summed E-state index contributed by atoms with van der Waals surface area (Å²) in [6, 6.07) is 9.37. The zero-order chi connectivity index (χ0) is 19.6. The van der Waals surface area contributed by atoms with E-state index >= 15 is 0 Å². The summed E-state index contributed by atoms with van der Waals surface area (Å²) < 4.78 is 14.3. The summed E-state index contributed by atoms with van der Waals surface area (Å²) in [5, 5.41) is 14.5. The third kappa shape index (κ3) is 4.14. The van der Waals surface area contributed by atoms with Gasteiger partial charge in [-0.1, -0.05) is 28.1 Å². The quantitative estimate of drug-likeness (QED) is 0.509. The number of phenolic OH excluding ortho intramolecular Hbond substituents is 1. The van der Waals surface area contributed by atoms with Crippen LogP contribution in [-0.4, -0.2) is 34.4 Å². The molecule has 0 unspecified atom stereocenters. The highest BCUT2D eigenvalue weighted by molar-refractivity contribution is 9.10. The number of nitrogens with one attached hydrogen (secondary N) is 2. The van der Waals surface area contributed by atoms with Crippen molar-refractivity contribution in [3.63, 3.8) is 0 Å². The minimum Gasteiger partial charge on any atom is -0.507 e. The van der Waals surface area contributed by atoms with E-state index in [1.54, 1.807) is 12.1 Å². The highest BCUT2D eigenvalue weighted by Crippen LogP contribution is 2.25. The topological polar surface area (TPSA) is 98.7 Å². The molecule has 1 fully saturated rings. The Hall–Kier alpha value is -3.20. The average molecular weight is 434 g/mol. The second kappa shape index (κ2) is 7.58. The van der Waals surface area contributed by atoms with Gasteiger partial charge in [0.2, 0.25) is 5.91 Å². The Balaban J connectivity index is 1.74. The number of carbonyl (C=O) groups is 3. The summed E-state index contributed by atoms with van der Waals surface area (Å²) in [6.45, 7) is -0.583. The molecule has 0 aliphatic carbocycles. The van der Waals surface area contributed by atoms with E-state index in [-0.39, 0.29) is 17.1 Å². The maximum absolute atomic E-state index is 13.6. The number of anilines is 1. The third-order valence-electron chi connectivity index (χ3n) is 3.70. The molecule has 0 spiro atoms. The molecule has 0 aromatic heterocycles. The van der Waals surface area contributed by atoms with Gasteiger partial charge >= 0.3 is 6.03 Å². The molecule has 9 heteroatoms. The first kappa shape index (κ1) is 18.6. The van der Waals surface area contributed by atoms with Crippen molar-refractivity contribution in [2.45, 2.75) is 0 Å². The van der Waals surface area contributed by atoms with Gasteiger partial charge in [0.05, 0.1) is 5.69 Å². The van der Waals surface area contributed by atoms with Crippen LogP contribution in [0, 0.1) is 5.82 Å². The molecule has 0 radical (unpaired) electrons. The van der Waals surface area contributed by atoms with E-state index in [2.05, 4.69) is 26.6 Å². The van der Waals surface area contributed by atoms with E-state index in [0.717, 1.165) is 0 Å². The van der Waals surface area contributed by atoms with Gasteiger partial charge in [0.15, 0.2) is 0 Å². The van der Waals surface area contributed by atoms with Crippen molar-refractivity contribution in [1.29, 1.82) is 0 Å². The van der Waals surface area contributed by atoms with E-state index in [1.807, 2.05) is 0 Å². The summed E-state index contributed by atoms with van der Waals surface area (Å²) in [4.78, 5) is 37.2. The van der Waals surface area contributed by atoms with Crippen molar-refractivity contribution in [2.75, 3.05) is 11.9 Å². The first-order chi connectivity index (χ1) is 12.8. The number of amides is 4. The fourth-order valence-corrected chi connectivity index (χ4v) is 2.79. The van der Waals surface area contributed by atoms with Crippen molar-refractivity contribution in [2.24, 2.45) is 0 Å². The third-order valence-corrected chi connectivity index (χ3v) is 4.19. The van der Waals surface area contributed by atoms with Gasteiger partial charge in [0.1, 0.15) is 23.8 Å². The zero-order valence-corrected chi connectivity index (χ0v) is 15.3. The fourth-order valence-electron chi connectivity index (χ4n) is 2.41. The number of hydrogen-bond donors (Lipinski definition) is 3. The smallest absolute Gasteiger partial charge is 0.329 e. The summed E-state index contributed by atoms with van der Waals surface area (Å²) in [5.74, 6) is -2.17. The van der Waals surface area contributed by atoms with Crippen molar-refractivity contribution in [3.05, 3.63) is 64.0 Å². The lowest BCUT2D eigenvalue weighted by Gasteiger charge is -2.12. The second-order valence-corrected chi connectivity index (χ2v) is 6.53. The van der Waals surface area contributed by atoms with E-state index in [4.69, 9.17) is 0 Å². The molecular formula is C18H13BrFN3O4. The lowest BCUT2D eigenvalue weighted by Crippen LogP contribution is -2.38. The maximum atomic E-state index is 13.6. The number of para-hydroxylation sites is 1. The molecule has 2 aromatic carbocycles. The van der Waals surface area contributed by atoms with Crippen molar-refractivity contribution in [1.82, 2.24) is 10.2 Å². The molecule has 0 saturated carbocycles. The monoisotopic (exact) mass is 433 g/mol. The van der Waals surface area contributed by atoms with Gasteiger partial charge in [0.25, 0.3) is 5.91 Å². The van der Waals surface area contributed by atoms with Crippen LogP contribution in [0.3, 0.4) is 0 Å². The molecule has 3 rings (SSSR count). The van der Waals surface area contributed by atoms with E-state index < -0.39 is 30.2 Å². The van der Waals surface area contributed by atoms with E-state index in [9.17, 15) is 23.9 Å². The van der Waals surface area contributed by atoms with Crippen LogP contribution in [-0.2, 0) is 9.59 Å². The standard InChI is InChI=1S/C18H13BrFN3O4/c19-11-5-6-15(24)10(7-11)8-14-17(26)23(18(27)22-14)9-16(25)21-13-4-2-1-3-12(13)20/h1-8,24H,9H2,(H,21,25)(H,22,27)/b14-8+. The molecule has 3 N–H and O–H groups in total. The lowest BCUT2D eigenvalue weighted by atomic mass is 10.1. The fraction of sp³-hybridized carbons (Fsp3) is 0.0556. The van der Waals surface area contributed by atoms with Crippen LogP contribution in [0.2, 0.25) is 0 Å². The maximum Gasteiger partial charge on any atom is 0.329 e. The van der Waals surface area contributed by atoms with Gasteiger partial charge in [-0.3, -0.25) is 9.59 Å². The van der Waals surface area contributed by atoms with Crippen molar-refractivity contribution >= 4 is 45.5 Å². The number of imide groups is 1. The zero-order valence-electron chi connectivity index (χ0n) is 13.7. The molecule has 4 amide bonds. The minimum absolute atomic E-state index is 0.0515. The molecule has 138 valence electrons. The Bertz CT molecular complexity index is 977. The number of hydrogen-bond acceptors (Lipinski definition) is 4. The lowest BCUT2D eigenvalue weighted by molar-refractivity contribution is -0.127. The van der Waals surface area contributed by atoms with Gasteiger partial charge < -0.3 is 15.7 Å². The first-order valence-corrected chi connectivity index (χ1v) is 8.52. The van der Waals surface area contributed by atoms with Crippen molar-refractivity contribution in [3.8, 4) is 5.75 Å². The second-order valence-electron chi connectivity index (χ2n) is 5.61. The van der Waals surface area contributed by atoms with Gasteiger partial charge in [-0.2, -0.15) is 0 Å². The summed E-state index contributed by atoms with van der Waals surface area (Å²) in [6.07, 6.45) is 1.30. The predicted octanol–water partition coefficient (Wildman–Crippen LogP) is 2.83. The number of nitrogens with zero attached hydrogens (tertiary/aromatic N) is 1. The Morgan fingerprint density at radius 3 is 2.74 bits per heavy atom. The molecule has 0 atom stereocenters. The molecule has 27 heavy (non-hydrogen) atoms. The normalized spacial score (nSPS) is 15.2. The molecule has 1 heterocycles. The van der Waals surface area contributed by atoms with Crippen molar-refractivity contribution < 1.29 is 23.9 Å². The van der Waals surface area contributed by atoms with Crippen LogP contribution in [0.4, 0.5) is 14.9 Å². The van der Waals surface area contributed by atoms with E-state index in [0.29, 0.717) is 14.9 Å². The predicted molar refractivity (Wildman–Crippen MR) is 99.1 cm³/mol. The number of urea groups is 1. The highest BCUT2D eigenvalue weighted by atomic mass is 79.9. The van der Waals surface area contributed by atoms with Gasteiger partial charge in [-0.05, 0) is 36.4 Å². The molecule has 0 bridgehead atoms. The van der Waals surface area contributed by atoms with Crippen LogP contribution in [0.5, 0.6) is 5.75 Å². The molecule has 1 aliphatic rings. The Kier molecular flexibility index (Phi) is 5.22. The summed E-state index contributed by atoms with van der Waals surface area (Å²) in [7, 11) is 0. The van der Waals surface area contributed by atoms with Gasteiger partial charge in [0, 0.05) is 10.0 Å². The summed E-state index contributed by atoms with van der Waals surface area (Å²) in [5.41, 5.74) is 0.169. The van der Waals surface area contributed by atoms with Gasteiger partial charge in [-0.15, -0.1) is 0 Å². The SMILES string of the molecule is O=C(CN1C(=O)N/C(=C/c2cc(Br)ccc2O)C1=O)Nc1ccccc1F. The first-order valence-electron chi connectivity index (χ1n) is 7.72. The number of halogens is 2.